The monoisotopic (exact) mass is 777 g/mol. The number of ether oxygens (including phenoxy) is 2. The second-order valence-corrected chi connectivity index (χ2v) is 16.0. The summed E-state index contributed by atoms with van der Waals surface area (Å²) in [5.74, 6) is 1.37. The molecule has 0 atom stereocenters. The lowest BCUT2D eigenvalue weighted by atomic mass is 10.1. The van der Waals surface area contributed by atoms with Crippen molar-refractivity contribution in [2.75, 3.05) is 13.1 Å². The Hall–Kier alpha value is -3.88. The molecule has 0 bridgehead atoms. The smallest absolute Gasteiger partial charge is 0.233 e. The number of fused-ring (bicyclic) bond motifs is 2. The van der Waals surface area contributed by atoms with E-state index in [-0.39, 0.29) is 12.2 Å². The van der Waals surface area contributed by atoms with Gasteiger partial charge in [-0.15, -0.1) is 20.4 Å². The first-order chi connectivity index (χ1) is 25.2. The van der Waals surface area contributed by atoms with Gasteiger partial charge in [0.1, 0.15) is 21.5 Å². The lowest BCUT2D eigenvalue weighted by Gasteiger charge is -2.11. The molecular formula is C37H41Cl2N9O2S2. The second-order valence-electron chi connectivity index (χ2n) is 13.3. The summed E-state index contributed by atoms with van der Waals surface area (Å²) in [6.07, 6.45) is 12.0. The molecule has 5 heterocycles. The molecule has 1 N–H and O–H groups in total. The Morgan fingerprint density at radius 3 is 1.98 bits per heavy atom. The fourth-order valence-corrected chi connectivity index (χ4v) is 8.20. The summed E-state index contributed by atoms with van der Waals surface area (Å²) in [6.45, 7) is 9.87. The van der Waals surface area contributed by atoms with E-state index in [1.165, 1.54) is 58.8 Å². The van der Waals surface area contributed by atoms with Crippen molar-refractivity contribution in [3.05, 3.63) is 81.4 Å². The molecule has 0 saturated carbocycles. The van der Waals surface area contributed by atoms with Crippen LogP contribution in [-0.2, 0) is 25.7 Å². The average molecular weight is 779 g/mol. The molecule has 8 rings (SSSR count). The Morgan fingerprint density at radius 2 is 1.33 bits per heavy atom. The molecule has 0 radical (unpaired) electrons. The van der Waals surface area contributed by atoms with E-state index in [0.717, 1.165) is 75.9 Å². The maximum absolute atomic E-state index is 6.36. The van der Waals surface area contributed by atoms with Crippen LogP contribution in [0.25, 0.3) is 31.4 Å². The number of hydrogen-bond acceptors (Lipinski definition) is 11. The molecule has 1 aliphatic heterocycles. The zero-order valence-corrected chi connectivity index (χ0v) is 32.7. The third kappa shape index (κ3) is 8.50. The molecule has 52 heavy (non-hydrogen) atoms. The number of hydrogen-bond donors (Lipinski definition) is 1. The zero-order valence-electron chi connectivity index (χ0n) is 29.6. The molecule has 0 unspecified atom stereocenters. The Morgan fingerprint density at radius 1 is 0.712 bits per heavy atom. The van der Waals surface area contributed by atoms with Gasteiger partial charge in [0.15, 0.2) is 0 Å². The van der Waals surface area contributed by atoms with Gasteiger partial charge in [0, 0.05) is 30.3 Å². The van der Waals surface area contributed by atoms with Gasteiger partial charge in [-0.05, 0) is 114 Å². The first-order valence-electron chi connectivity index (χ1n) is 17.7. The lowest BCUT2D eigenvalue weighted by Crippen LogP contribution is -2.16. The molecule has 4 aromatic heterocycles. The predicted octanol–water partition coefficient (Wildman–Crippen LogP) is 8.62. The van der Waals surface area contributed by atoms with Crippen molar-refractivity contribution in [1.82, 2.24) is 45.3 Å². The lowest BCUT2D eigenvalue weighted by molar-refractivity contribution is 0.242. The maximum atomic E-state index is 6.36. The molecule has 11 nitrogen and oxygen atoms in total. The van der Waals surface area contributed by atoms with E-state index in [1.807, 2.05) is 79.7 Å². The van der Waals surface area contributed by atoms with Gasteiger partial charge >= 0.3 is 0 Å². The molecule has 0 spiro atoms. The summed E-state index contributed by atoms with van der Waals surface area (Å²) in [7, 11) is 0. The number of rotatable bonds is 8. The minimum absolute atomic E-state index is 0.0803. The van der Waals surface area contributed by atoms with Crippen molar-refractivity contribution in [3.8, 4) is 42.9 Å². The van der Waals surface area contributed by atoms with Gasteiger partial charge in [-0.25, -0.2) is 9.36 Å². The van der Waals surface area contributed by atoms with Gasteiger partial charge < -0.3 is 14.8 Å². The van der Waals surface area contributed by atoms with Crippen molar-refractivity contribution in [2.45, 2.75) is 84.8 Å². The van der Waals surface area contributed by atoms with Gasteiger partial charge in [0.25, 0.3) is 0 Å². The minimum Gasteiger partial charge on any atom is -0.489 e. The first-order valence-corrected chi connectivity index (χ1v) is 20.1. The molecule has 6 aromatic rings. The van der Waals surface area contributed by atoms with Crippen LogP contribution in [0.15, 0.2) is 48.8 Å². The molecule has 1 aliphatic carbocycles. The first kappa shape index (κ1) is 36.5. The fourth-order valence-electron chi connectivity index (χ4n) is 6.16. The van der Waals surface area contributed by atoms with E-state index >= 15 is 0 Å². The molecule has 0 fully saturated rings. The van der Waals surface area contributed by atoms with E-state index in [9.17, 15) is 0 Å². The van der Waals surface area contributed by atoms with Gasteiger partial charge in [0.2, 0.25) is 10.3 Å². The second kappa shape index (κ2) is 16.4. The highest BCUT2D eigenvalue weighted by Crippen LogP contribution is 2.35. The average Bonchev–Trinajstić information content (AvgIpc) is 3.90. The molecule has 2 aliphatic rings. The Balaban J connectivity index is 0.000000162. The minimum atomic E-state index is 0.0803. The van der Waals surface area contributed by atoms with Crippen LogP contribution in [0, 0.1) is 0 Å². The van der Waals surface area contributed by atoms with Crippen LogP contribution in [0.2, 0.25) is 10.0 Å². The SMILES string of the molecule is CC(C)Oc1ccc(-c2nnc(-n3cc4c(n3)CCNCC4)s2)cc1Cl.CC(C)Oc1ccc(-c2nnc(-n3ncc4c3CCCCC4)s2)cc1Cl. The van der Waals surface area contributed by atoms with E-state index in [4.69, 9.17) is 37.8 Å². The van der Waals surface area contributed by atoms with Crippen molar-refractivity contribution in [3.63, 3.8) is 0 Å². The third-order valence-corrected chi connectivity index (χ3v) is 11.1. The van der Waals surface area contributed by atoms with Crippen LogP contribution in [-0.4, -0.2) is 65.3 Å². The summed E-state index contributed by atoms with van der Waals surface area (Å²) in [5.41, 5.74) is 6.91. The normalized spacial score (nSPS) is 14.3. The molecule has 15 heteroatoms. The van der Waals surface area contributed by atoms with E-state index in [2.05, 4.69) is 37.0 Å². The van der Waals surface area contributed by atoms with Gasteiger partial charge in [-0.3, -0.25) is 0 Å². The van der Waals surface area contributed by atoms with Crippen LogP contribution in [0.5, 0.6) is 11.5 Å². The highest BCUT2D eigenvalue weighted by Gasteiger charge is 2.19. The number of nitrogens with zero attached hydrogens (tertiary/aromatic N) is 8. The van der Waals surface area contributed by atoms with Crippen molar-refractivity contribution in [2.24, 2.45) is 0 Å². The van der Waals surface area contributed by atoms with Crippen LogP contribution in [0.1, 0.15) is 69.5 Å². The highest BCUT2D eigenvalue weighted by molar-refractivity contribution is 7.17. The molecule has 2 aromatic carbocycles. The Bertz CT molecular complexity index is 2110. The highest BCUT2D eigenvalue weighted by atomic mass is 35.5. The largest absolute Gasteiger partial charge is 0.489 e. The quantitative estimate of drug-likeness (QED) is 0.152. The van der Waals surface area contributed by atoms with Gasteiger partial charge in [-0.1, -0.05) is 52.3 Å². The van der Waals surface area contributed by atoms with Crippen molar-refractivity contribution < 1.29 is 9.47 Å². The summed E-state index contributed by atoms with van der Waals surface area (Å²) in [6, 6.07) is 11.4. The van der Waals surface area contributed by atoms with Crippen LogP contribution in [0.4, 0.5) is 0 Å². The summed E-state index contributed by atoms with van der Waals surface area (Å²) < 4.78 is 15.2. The van der Waals surface area contributed by atoms with E-state index in [1.54, 1.807) is 0 Å². The third-order valence-electron chi connectivity index (χ3n) is 8.59. The fraction of sp³-hybridized carbons (Fsp3) is 0.405. The van der Waals surface area contributed by atoms with E-state index in [0.29, 0.717) is 21.5 Å². The zero-order chi connectivity index (χ0) is 36.2. The molecule has 0 saturated heterocycles. The number of halogens is 2. The number of nitrogens with one attached hydrogen (secondary N) is 1. The van der Waals surface area contributed by atoms with Gasteiger partial charge in [0.05, 0.1) is 39.8 Å². The summed E-state index contributed by atoms with van der Waals surface area (Å²) >= 11 is 15.7. The van der Waals surface area contributed by atoms with Gasteiger partial charge in [-0.2, -0.15) is 10.2 Å². The Kier molecular flexibility index (Phi) is 11.5. The summed E-state index contributed by atoms with van der Waals surface area (Å²) in [5, 5.41) is 34.4. The number of benzene rings is 2. The Labute approximate surface area is 321 Å². The topological polar surface area (TPSA) is 118 Å². The predicted molar refractivity (Wildman–Crippen MR) is 208 cm³/mol. The number of aryl methyl sites for hydroxylation is 1. The molecular weight excluding hydrogens is 738 g/mol. The standard InChI is InChI=1S/C19H21ClN4OS.C18H20ClN5OS/c1-12(2)25-17-9-8-13(10-15(17)20)18-22-23-19(26-18)24-16-7-5-3-4-6-14(16)11-21-24;1-11(2)25-16-4-3-12(9-14(16)19)17-21-22-18(26-17)24-10-13-5-7-20-8-6-15(13)23-24/h8-12H,3-7H2,1-2H3;3-4,9-11,20H,5-8H2,1-2H3. The maximum Gasteiger partial charge on any atom is 0.233 e. The molecule has 0 amide bonds. The van der Waals surface area contributed by atoms with Crippen molar-refractivity contribution >= 4 is 45.9 Å². The summed E-state index contributed by atoms with van der Waals surface area (Å²) in [4.78, 5) is 0. The van der Waals surface area contributed by atoms with Crippen LogP contribution in [0.3, 0.4) is 0 Å². The van der Waals surface area contributed by atoms with E-state index < -0.39 is 0 Å². The number of aromatic nitrogens is 8. The van der Waals surface area contributed by atoms with Crippen LogP contribution < -0.4 is 14.8 Å². The van der Waals surface area contributed by atoms with Crippen molar-refractivity contribution in [1.29, 1.82) is 0 Å². The molecule has 272 valence electrons. The van der Waals surface area contributed by atoms with Crippen LogP contribution >= 0.6 is 45.9 Å².